The van der Waals surface area contributed by atoms with E-state index in [1.165, 1.54) is 0 Å². The maximum Gasteiger partial charge on any atom is 0.227 e. The molecule has 0 radical (unpaired) electrons. The van der Waals surface area contributed by atoms with Gasteiger partial charge >= 0.3 is 0 Å². The van der Waals surface area contributed by atoms with Crippen molar-refractivity contribution in [2.75, 3.05) is 11.5 Å². The first-order chi connectivity index (χ1) is 12.4. The zero-order valence-electron chi connectivity index (χ0n) is 15.2. The van der Waals surface area contributed by atoms with Crippen molar-refractivity contribution in [1.82, 2.24) is 9.88 Å². The van der Waals surface area contributed by atoms with Crippen molar-refractivity contribution in [3.05, 3.63) is 65.0 Å². The third-order valence-corrected chi connectivity index (χ3v) is 6.77. The lowest BCUT2D eigenvalue weighted by Crippen LogP contribution is -2.41. The summed E-state index contributed by atoms with van der Waals surface area (Å²) in [5, 5.41) is 0. The highest BCUT2D eigenvalue weighted by Gasteiger charge is 2.34. The number of benzene rings is 1. The average molecular weight is 372 g/mol. The van der Waals surface area contributed by atoms with Gasteiger partial charge in [0.15, 0.2) is 9.84 Å². The van der Waals surface area contributed by atoms with Gasteiger partial charge in [-0.2, -0.15) is 0 Å². The molecule has 1 fully saturated rings. The summed E-state index contributed by atoms with van der Waals surface area (Å²) in [6.45, 7) is 4.39. The smallest absolute Gasteiger partial charge is 0.227 e. The minimum Gasteiger partial charge on any atom is -0.334 e. The van der Waals surface area contributed by atoms with E-state index in [1.54, 1.807) is 17.3 Å². The van der Waals surface area contributed by atoms with E-state index in [4.69, 9.17) is 0 Å². The number of carbonyl (C=O) groups excluding carboxylic acids is 1. The van der Waals surface area contributed by atoms with Crippen LogP contribution in [0.25, 0.3) is 0 Å². The number of sulfone groups is 1. The molecule has 3 rings (SSSR count). The fourth-order valence-corrected chi connectivity index (χ4v) is 5.24. The van der Waals surface area contributed by atoms with Crippen molar-refractivity contribution >= 4 is 15.7 Å². The standard InChI is InChI=1S/C20H24N2O3S/c1-15-5-3-6-16(2)19(15)11-20(23)22(13-17-7-4-9-21-12-17)18-8-10-26(24,25)14-18/h3-7,9,12,18H,8,10-11,13-14H2,1-2H3. The van der Waals surface area contributed by atoms with E-state index >= 15 is 0 Å². The molecule has 6 heteroatoms. The van der Waals surface area contributed by atoms with Crippen molar-refractivity contribution in [2.45, 2.75) is 39.3 Å². The molecule has 26 heavy (non-hydrogen) atoms. The lowest BCUT2D eigenvalue weighted by atomic mass is 9.99. The summed E-state index contributed by atoms with van der Waals surface area (Å²) in [6.07, 6.45) is 4.20. The molecular weight excluding hydrogens is 348 g/mol. The second-order valence-electron chi connectivity index (χ2n) is 6.99. The highest BCUT2D eigenvalue weighted by molar-refractivity contribution is 7.91. The number of carbonyl (C=O) groups is 1. The number of hydrogen-bond donors (Lipinski definition) is 0. The highest BCUT2D eigenvalue weighted by atomic mass is 32.2. The Bertz CT molecular complexity index is 874. The molecular formula is C20H24N2O3S. The van der Waals surface area contributed by atoms with Crippen molar-refractivity contribution in [3.8, 4) is 0 Å². The summed E-state index contributed by atoms with van der Waals surface area (Å²) in [5.41, 5.74) is 4.10. The summed E-state index contributed by atoms with van der Waals surface area (Å²) >= 11 is 0. The van der Waals surface area contributed by atoms with Crippen LogP contribution in [0.1, 0.15) is 28.7 Å². The molecule has 1 aromatic heterocycles. The van der Waals surface area contributed by atoms with E-state index in [2.05, 4.69) is 4.98 Å². The summed E-state index contributed by atoms with van der Waals surface area (Å²) < 4.78 is 23.9. The van der Waals surface area contributed by atoms with Crippen LogP contribution in [-0.2, 0) is 27.6 Å². The van der Waals surface area contributed by atoms with Gasteiger partial charge in [0.05, 0.1) is 17.9 Å². The van der Waals surface area contributed by atoms with Gasteiger partial charge in [0, 0.05) is 25.0 Å². The second kappa shape index (κ2) is 7.58. The number of aromatic nitrogens is 1. The van der Waals surface area contributed by atoms with Crippen LogP contribution in [0.5, 0.6) is 0 Å². The minimum atomic E-state index is -3.06. The number of amides is 1. The SMILES string of the molecule is Cc1cccc(C)c1CC(=O)N(Cc1cccnc1)C1CCS(=O)(=O)C1. The largest absolute Gasteiger partial charge is 0.334 e. The lowest BCUT2D eigenvalue weighted by molar-refractivity contribution is -0.133. The van der Waals surface area contributed by atoms with Gasteiger partial charge in [0.1, 0.15) is 0 Å². The van der Waals surface area contributed by atoms with E-state index in [0.29, 0.717) is 13.0 Å². The number of aryl methyl sites for hydroxylation is 2. The first kappa shape index (κ1) is 18.6. The van der Waals surface area contributed by atoms with E-state index in [1.807, 2.05) is 44.2 Å². The molecule has 1 atom stereocenters. The number of nitrogens with zero attached hydrogens (tertiary/aromatic N) is 2. The summed E-state index contributed by atoms with van der Waals surface area (Å²) in [5.74, 6) is 0.164. The summed E-state index contributed by atoms with van der Waals surface area (Å²) in [6, 6.07) is 9.46. The molecule has 0 spiro atoms. The van der Waals surface area contributed by atoms with Gasteiger partial charge in [-0.15, -0.1) is 0 Å². The maximum absolute atomic E-state index is 13.1. The van der Waals surface area contributed by atoms with Crippen molar-refractivity contribution in [1.29, 1.82) is 0 Å². The molecule has 2 aromatic rings. The topological polar surface area (TPSA) is 67.3 Å². The second-order valence-corrected chi connectivity index (χ2v) is 9.22. The van der Waals surface area contributed by atoms with Crippen LogP contribution in [0, 0.1) is 13.8 Å². The predicted molar refractivity (Wildman–Crippen MR) is 101 cm³/mol. The van der Waals surface area contributed by atoms with Gasteiger partial charge < -0.3 is 4.90 Å². The fraction of sp³-hybridized carbons (Fsp3) is 0.400. The zero-order chi connectivity index (χ0) is 18.7. The molecule has 0 aliphatic carbocycles. The molecule has 0 saturated carbocycles. The molecule has 1 amide bonds. The van der Waals surface area contributed by atoms with Crippen molar-refractivity contribution < 1.29 is 13.2 Å². The Labute approximate surface area is 155 Å². The average Bonchev–Trinajstić information content (AvgIpc) is 2.96. The molecule has 2 heterocycles. The Balaban J connectivity index is 1.86. The molecule has 0 bridgehead atoms. The van der Waals surface area contributed by atoms with E-state index in [9.17, 15) is 13.2 Å². The van der Waals surface area contributed by atoms with Crippen LogP contribution >= 0.6 is 0 Å². The van der Waals surface area contributed by atoms with E-state index < -0.39 is 9.84 Å². The number of rotatable bonds is 5. The van der Waals surface area contributed by atoms with Crippen LogP contribution in [0.2, 0.25) is 0 Å². The third-order valence-electron chi connectivity index (χ3n) is 5.02. The van der Waals surface area contributed by atoms with Gasteiger partial charge in [0.2, 0.25) is 5.91 Å². The normalized spacial score (nSPS) is 18.6. The highest BCUT2D eigenvalue weighted by Crippen LogP contribution is 2.22. The van der Waals surface area contributed by atoms with Crippen LogP contribution in [0.3, 0.4) is 0 Å². The van der Waals surface area contributed by atoms with Crippen LogP contribution in [0.15, 0.2) is 42.7 Å². The van der Waals surface area contributed by atoms with Gasteiger partial charge in [-0.05, 0) is 48.6 Å². The molecule has 1 unspecified atom stereocenters. The van der Waals surface area contributed by atoms with Crippen molar-refractivity contribution in [2.24, 2.45) is 0 Å². The van der Waals surface area contributed by atoms with Crippen molar-refractivity contribution in [3.63, 3.8) is 0 Å². The molecule has 5 nitrogen and oxygen atoms in total. The van der Waals surface area contributed by atoms with Crippen LogP contribution in [-0.4, -0.2) is 41.8 Å². The Kier molecular flexibility index (Phi) is 5.41. The minimum absolute atomic E-state index is 0.0339. The first-order valence-electron chi connectivity index (χ1n) is 8.79. The number of hydrogen-bond acceptors (Lipinski definition) is 4. The van der Waals surface area contributed by atoms with Crippen LogP contribution < -0.4 is 0 Å². The zero-order valence-corrected chi connectivity index (χ0v) is 16.0. The first-order valence-corrected chi connectivity index (χ1v) is 10.6. The van der Waals surface area contributed by atoms with Gasteiger partial charge in [-0.25, -0.2) is 8.42 Å². The lowest BCUT2D eigenvalue weighted by Gasteiger charge is -2.29. The molecule has 138 valence electrons. The predicted octanol–water partition coefficient (Wildman–Crippen LogP) is 2.46. The quantitative estimate of drug-likeness (QED) is 0.809. The fourth-order valence-electron chi connectivity index (χ4n) is 3.51. The third kappa shape index (κ3) is 4.30. The summed E-state index contributed by atoms with van der Waals surface area (Å²) in [7, 11) is -3.06. The molecule has 1 saturated heterocycles. The Morgan fingerprint density at radius 2 is 1.92 bits per heavy atom. The van der Waals surface area contributed by atoms with Gasteiger partial charge in [0.25, 0.3) is 0 Å². The Morgan fingerprint density at radius 1 is 1.19 bits per heavy atom. The molecule has 0 N–H and O–H groups in total. The maximum atomic E-state index is 13.1. The Hall–Kier alpha value is -2.21. The molecule has 1 aliphatic heterocycles. The molecule has 1 aliphatic rings. The molecule has 1 aromatic carbocycles. The number of pyridine rings is 1. The van der Waals surface area contributed by atoms with Gasteiger partial charge in [-0.3, -0.25) is 9.78 Å². The monoisotopic (exact) mass is 372 g/mol. The Morgan fingerprint density at radius 3 is 2.50 bits per heavy atom. The van der Waals surface area contributed by atoms with E-state index in [0.717, 1.165) is 22.3 Å². The van der Waals surface area contributed by atoms with Crippen LogP contribution in [0.4, 0.5) is 0 Å². The summed E-state index contributed by atoms with van der Waals surface area (Å²) in [4.78, 5) is 19.0. The van der Waals surface area contributed by atoms with Gasteiger partial charge in [-0.1, -0.05) is 24.3 Å². The van der Waals surface area contributed by atoms with E-state index in [-0.39, 0.29) is 29.9 Å².